The fourth-order valence-corrected chi connectivity index (χ4v) is 2.50. The van der Waals surface area contributed by atoms with E-state index < -0.39 is 11.0 Å². The lowest BCUT2D eigenvalue weighted by molar-refractivity contribution is -0.385. The van der Waals surface area contributed by atoms with E-state index in [1.54, 1.807) is 0 Å². The Morgan fingerprint density at radius 1 is 1.58 bits per heavy atom. The highest BCUT2D eigenvalue weighted by Crippen LogP contribution is 2.28. The van der Waals surface area contributed by atoms with E-state index in [4.69, 9.17) is 4.74 Å². The predicted molar refractivity (Wildman–Crippen MR) is 72.9 cm³/mol. The normalized spacial score (nSPS) is 22.2. The molecule has 102 valence electrons. The molecule has 1 N–H and O–H groups in total. The summed E-state index contributed by atoms with van der Waals surface area (Å²) in [4.78, 5) is 22.2. The maximum atomic E-state index is 12.0. The van der Waals surface area contributed by atoms with Crippen molar-refractivity contribution in [1.82, 2.24) is 0 Å². The summed E-state index contributed by atoms with van der Waals surface area (Å²) in [6, 6.07) is 4.36. The number of halogens is 1. The van der Waals surface area contributed by atoms with Gasteiger partial charge in [0.15, 0.2) is 0 Å². The molecule has 1 saturated heterocycles. The van der Waals surface area contributed by atoms with Crippen molar-refractivity contribution in [3.63, 3.8) is 0 Å². The zero-order valence-corrected chi connectivity index (χ0v) is 11.8. The third-order valence-electron chi connectivity index (χ3n) is 3.06. The highest BCUT2D eigenvalue weighted by molar-refractivity contribution is 9.10. The first kappa shape index (κ1) is 14.0. The van der Waals surface area contributed by atoms with Crippen LogP contribution >= 0.6 is 15.9 Å². The van der Waals surface area contributed by atoms with Gasteiger partial charge in [0.05, 0.1) is 9.40 Å². The van der Waals surface area contributed by atoms with Crippen LogP contribution in [0, 0.1) is 16.0 Å². The van der Waals surface area contributed by atoms with Gasteiger partial charge in [-0.2, -0.15) is 0 Å². The number of hydrogen-bond acceptors (Lipinski definition) is 4. The molecule has 0 unspecified atom stereocenters. The molecule has 0 saturated carbocycles. The number of nitro benzene ring substituents is 1. The minimum atomic E-state index is -0.488. The van der Waals surface area contributed by atoms with Crippen LogP contribution in [-0.2, 0) is 9.53 Å². The SMILES string of the molecule is C[C@H]1CCO[C@@H]1C(=O)Nc1ccc([N+](=O)[O-])c(Br)c1. The van der Waals surface area contributed by atoms with Crippen LogP contribution < -0.4 is 5.32 Å². The molecule has 7 heteroatoms. The quantitative estimate of drug-likeness (QED) is 0.683. The number of hydrogen-bond donors (Lipinski definition) is 1. The van der Waals surface area contributed by atoms with Crippen molar-refractivity contribution in [2.75, 3.05) is 11.9 Å². The molecule has 0 radical (unpaired) electrons. The van der Waals surface area contributed by atoms with Crippen molar-refractivity contribution in [2.45, 2.75) is 19.4 Å². The number of nitrogens with zero attached hydrogens (tertiary/aromatic N) is 1. The van der Waals surface area contributed by atoms with Gasteiger partial charge in [0, 0.05) is 18.4 Å². The minimum Gasteiger partial charge on any atom is -0.368 e. The molecular formula is C12H13BrN2O4. The van der Waals surface area contributed by atoms with E-state index in [1.165, 1.54) is 18.2 Å². The monoisotopic (exact) mass is 328 g/mol. The number of nitro groups is 1. The Labute approximate surface area is 118 Å². The number of carbonyl (C=O) groups is 1. The lowest BCUT2D eigenvalue weighted by Crippen LogP contribution is -2.31. The van der Waals surface area contributed by atoms with Crippen molar-refractivity contribution < 1.29 is 14.5 Å². The highest BCUT2D eigenvalue weighted by Gasteiger charge is 2.31. The van der Waals surface area contributed by atoms with E-state index >= 15 is 0 Å². The van der Waals surface area contributed by atoms with Crippen LogP contribution in [-0.4, -0.2) is 23.5 Å². The Morgan fingerprint density at radius 2 is 2.32 bits per heavy atom. The van der Waals surface area contributed by atoms with Gasteiger partial charge in [-0.15, -0.1) is 0 Å². The van der Waals surface area contributed by atoms with Crippen LogP contribution in [0.1, 0.15) is 13.3 Å². The van der Waals surface area contributed by atoms with Crippen LogP contribution in [0.25, 0.3) is 0 Å². The largest absolute Gasteiger partial charge is 0.368 e. The smallest absolute Gasteiger partial charge is 0.283 e. The number of anilines is 1. The molecule has 1 aliphatic rings. The van der Waals surface area contributed by atoms with Crippen LogP contribution in [0.2, 0.25) is 0 Å². The number of amides is 1. The molecule has 1 aromatic carbocycles. The fourth-order valence-electron chi connectivity index (χ4n) is 1.98. The summed E-state index contributed by atoms with van der Waals surface area (Å²) >= 11 is 3.11. The number of nitrogens with one attached hydrogen (secondary N) is 1. The Kier molecular flexibility index (Phi) is 4.16. The maximum absolute atomic E-state index is 12.0. The van der Waals surface area contributed by atoms with Crippen LogP contribution in [0.15, 0.2) is 22.7 Å². The molecule has 6 nitrogen and oxygen atoms in total. The van der Waals surface area contributed by atoms with Gasteiger partial charge in [-0.05, 0) is 40.4 Å². The fraction of sp³-hybridized carbons (Fsp3) is 0.417. The highest BCUT2D eigenvalue weighted by atomic mass is 79.9. The zero-order chi connectivity index (χ0) is 14.0. The summed E-state index contributed by atoms with van der Waals surface area (Å²) in [6.07, 6.45) is 0.413. The van der Waals surface area contributed by atoms with Gasteiger partial charge in [0.1, 0.15) is 6.10 Å². The van der Waals surface area contributed by atoms with E-state index in [9.17, 15) is 14.9 Å². The van der Waals surface area contributed by atoms with Gasteiger partial charge < -0.3 is 10.1 Å². The summed E-state index contributed by atoms with van der Waals surface area (Å²) in [5, 5.41) is 13.4. The topological polar surface area (TPSA) is 81.5 Å². The van der Waals surface area contributed by atoms with E-state index in [0.29, 0.717) is 16.8 Å². The molecule has 0 aliphatic carbocycles. The van der Waals surface area contributed by atoms with Gasteiger partial charge in [-0.3, -0.25) is 14.9 Å². The van der Waals surface area contributed by atoms with Crippen LogP contribution in [0.5, 0.6) is 0 Å². The Bertz CT molecular complexity index is 520. The lowest BCUT2D eigenvalue weighted by Gasteiger charge is -2.14. The molecule has 1 fully saturated rings. The summed E-state index contributed by atoms with van der Waals surface area (Å²) in [5.41, 5.74) is 0.466. The van der Waals surface area contributed by atoms with Crippen molar-refractivity contribution in [2.24, 2.45) is 5.92 Å². The maximum Gasteiger partial charge on any atom is 0.283 e. The molecule has 2 atom stereocenters. The summed E-state index contributed by atoms with van der Waals surface area (Å²) in [6.45, 7) is 2.55. The summed E-state index contributed by atoms with van der Waals surface area (Å²) in [5.74, 6) is -0.0350. The van der Waals surface area contributed by atoms with Crippen molar-refractivity contribution in [3.05, 3.63) is 32.8 Å². The molecule has 1 amide bonds. The number of rotatable bonds is 3. The summed E-state index contributed by atoms with van der Waals surface area (Å²) < 4.78 is 5.69. The Balaban J connectivity index is 2.09. The van der Waals surface area contributed by atoms with Gasteiger partial charge in [-0.1, -0.05) is 6.92 Å². The lowest BCUT2D eigenvalue weighted by atomic mass is 10.0. The van der Waals surface area contributed by atoms with Gasteiger partial charge in [0.2, 0.25) is 0 Å². The number of benzene rings is 1. The number of ether oxygens (including phenoxy) is 1. The molecular weight excluding hydrogens is 316 g/mol. The van der Waals surface area contributed by atoms with Crippen LogP contribution in [0.3, 0.4) is 0 Å². The molecule has 1 heterocycles. The van der Waals surface area contributed by atoms with Crippen molar-refractivity contribution in [1.29, 1.82) is 0 Å². The summed E-state index contributed by atoms with van der Waals surface area (Å²) in [7, 11) is 0. The first-order chi connectivity index (χ1) is 8.99. The van der Waals surface area contributed by atoms with E-state index in [1.807, 2.05) is 6.92 Å². The van der Waals surface area contributed by atoms with Crippen molar-refractivity contribution >= 4 is 33.2 Å². The minimum absolute atomic E-state index is 0.0384. The molecule has 2 rings (SSSR count). The Morgan fingerprint density at radius 3 is 2.84 bits per heavy atom. The standard InChI is InChI=1S/C12H13BrN2O4/c1-7-4-5-19-11(7)12(16)14-8-2-3-10(15(17)18)9(13)6-8/h2-3,6-7,11H,4-5H2,1H3,(H,14,16)/t7-,11-/m0/s1. The van der Waals surface area contributed by atoms with E-state index in [2.05, 4.69) is 21.2 Å². The molecule has 1 aliphatic heterocycles. The second-order valence-corrected chi connectivity index (χ2v) is 5.32. The Hall–Kier alpha value is -1.47. The third kappa shape index (κ3) is 3.10. The molecule has 0 spiro atoms. The van der Waals surface area contributed by atoms with E-state index in [0.717, 1.165) is 6.42 Å². The van der Waals surface area contributed by atoms with Gasteiger partial charge in [-0.25, -0.2) is 0 Å². The van der Waals surface area contributed by atoms with Gasteiger partial charge >= 0.3 is 0 Å². The predicted octanol–water partition coefficient (Wildman–Crippen LogP) is 2.72. The molecule has 19 heavy (non-hydrogen) atoms. The molecule has 0 bridgehead atoms. The average molecular weight is 329 g/mol. The second kappa shape index (κ2) is 5.66. The van der Waals surface area contributed by atoms with Gasteiger partial charge in [0.25, 0.3) is 11.6 Å². The van der Waals surface area contributed by atoms with Crippen molar-refractivity contribution in [3.8, 4) is 0 Å². The first-order valence-electron chi connectivity index (χ1n) is 5.85. The first-order valence-corrected chi connectivity index (χ1v) is 6.64. The third-order valence-corrected chi connectivity index (χ3v) is 3.69. The van der Waals surface area contributed by atoms with Crippen LogP contribution in [0.4, 0.5) is 11.4 Å². The van der Waals surface area contributed by atoms with E-state index in [-0.39, 0.29) is 17.5 Å². The molecule has 1 aromatic rings. The average Bonchev–Trinajstić information content (AvgIpc) is 2.75. The number of carbonyl (C=O) groups excluding carboxylic acids is 1. The second-order valence-electron chi connectivity index (χ2n) is 4.47. The zero-order valence-electron chi connectivity index (χ0n) is 10.3. The molecule has 0 aromatic heterocycles.